The van der Waals surface area contributed by atoms with Gasteiger partial charge in [-0.1, -0.05) is 48.5 Å². The van der Waals surface area contributed by atoms with Gasteiger partial charge in [0.05, 0.1) is 6.61 Å². The third-order valence-electron chi connectivity index (χ3n) is 6.74. The van der Waals surface area contributed by atoms with Gasteiger partial charge in [-0.15, -0.1) is 0 Å². The fourth-order valence-corrected chi connectivity index (χ4v) is 4.53. The lowest BCUT2D eigenvalue weighted by molar-refractivity contribution is -0.153. The van der Waals surface area contributed by atoms with E-state index in [1.54, 1.807) is 66.4 Å². The molecule has 216 valence electrons. The fourth-order valence-electron chi connectivity index (χ4n) is 4.53. The van der Waals surface area contributed by atoms with Gasteiger partial charge < -0.3 is 29.4 Å². The highest BCUT2D eigenvalue weighted by Crippen LogP contribution is 2.34. The Kier molecular flexibility index (Phi) is 8.77. The van der Waals surface area contributed by atoms with Crippen LogP contribution in [-0.2, 0) is 11.2 Å². The third-order valence-corrected chi connectivity index (χ3v) is 6.74. The van der Waals surface area contributed by atoms with Gasteiger partial charge in [0.1, 0.15) is 11.5 Å². The van der Waals surface area contributed by atoms with E-state index in [-0.39, 0.29) is 19.2 Å². The Bertz CT molecular complexity index is 1500. The maximum atomic E-state index is 13.2. The second-order valence-corrected chi connectivity index (χ2v) is 9.96. The number of fused-ring (bicyclic) bond motifs is 1. The molecule has 4 aromatic carbocycles. The Labute approximate surface area is 244 Å². The number of hydrogen-bond donors (Lipinski definition) is 2. The van der Waals surface area contributed by atoms with E-state index in [2.05, 4.69) is 5.32 Å². The molecule has 0 fully saturated rings. The largest absolute Gasteiger partial charge is 0.494 e. The van der Waals surface area contributed by atoms with Crippen LogP contribution in [0.1, 0.15) is 18.9 Å². The number of aliphatic carboxylic acids is 1. The lowest BCUT2D eigenvalue weighted by Crippen LogP contribution is -2.43. The normalized spacial score (nSPS) is 13.1. The second-order valence-electron chi connectivity index (χ2n) is 9.96. The van der Waals surface area contributed by atoms with E-state index in [0.29, 0.717) is 48.3 Å². The number of carboxylic acid groups (broad SMARTS) is 1. The van der Waals surface area contributed by atoms with Gasteiger partial charge in [-0.25, -0.2) is 9.59 Å². The van der Waals surface area contributed by atoms with Crippen LogP contribution in [0, 0.1) is 0 Å². The first-order chi connectivity index (χ1) is 20.4. The van der Waals surface area contributed by atoms with E-state index >= 15 is 0 Å². The highest BCUT2D eigenvalue weighted by Gasteiger charge is 2.36. The molecular weight excluding hydrogens is 536 g/mol. The van der Waals surface area contributed by atoms with Crippen molar-refractivity contribution in [1.82, 2.24) is 0 Å². The molecule has 0 aliphatic carbocycles. The molecule has 42 heavy (non-hydrogen) atoms. The van der Waals surface area contributed by atoms with Crippen molar-refractivity contribution in [3.8, 4) is 23.0 Å². The van der Waals surface area contributed by atoms with Crippen molar-refractivity contribution >= 4 is 23.4 Å². The number of nitrogens with zero attached hydrogens (tertiary/aromatic N) is 1. The van der Waals surface area contributed by atoms with Crippen molar-refractivity contribution in [2.75, 3.05) is 30.2 Å². The molecule has 0 bridgehead atoms. The van der Waals surface area contributed by atoms with E-state index in [1.165, 1.54) is 0 Å². The average Bonchev–Trinajstić information content (AvgIpc) is 3.47. The predicted molar refractivity (Wildman–Crippen MR) is 159 cm³/mol. The van der Waals surface area contributed by atoms with Gasteiger partial charge in [0.2, 0.25) is 12.4 Å². The van der Waals surface area contributed by atoms with E-state index < -0.39 is 11.6 Å². The van der Waals surface area contributed by atoms with E-state index in [0.717, 1.165) is 11.3 Å². The van der Waals surface area contributed by atoms with Crippen molar-refractivity contribution in [2.24, 2.45) is 0 Å². The maximum Gasteiger partial charge on any atom is 0.348 e. The minimum absolute atomic E-state index is 0.163. The van der Waals surface area contributed by atoms with Crippen molar-refractivity contribution < 1.29 is 33.6 Å². The highest BCUT2D eigenvalue weighted by atomic mass is 16.7. The summed E-state index contributed by atoms with van der Waals surface area (Å²) in [5, 5.41) is 12.8. The number of nitrogens with one attached hydrogen (secondary N) is 1. The first-order valence-corrected chi connectivity index (χ1v) is 13.6. The van der Waals surface area contributed by atoms with Crippen LogP contribution < -0.4 is 29.2 Å². The van der Waals surface area contributed by atoms with Crippen molar-refractivity contribution in [2.45, 2.75) is 25.4 Å². The van der Waals surface area contributed by atoms with Crippen LogP contribution in [0.2, 0.25) is 0 Å². The monoisotopic (exact) mass is 568 g/mol. The summed E-state index contributed by atoms with van der Waals surface area (Å²) in [6.07, 6.45) is 0.759. The maximum absolute atomic E-state index is 13.2. The minimum atomic E-state index is -1.42. The summed E-state index contributed by atoms with van der Waals surface area (Å²) in [6.45, 7) is 2.53. The van der Waals surface area contributed by atoms with E-state index in [9.17, 15) is 14.7 Å². The molecule has 2 N–H and O–H groups in total. The number of anilines is 2. The standard InChI is InChI=1S/C33H32N2O7/c1-33(31(36)37,42-28-11-6-3-7-12-28)22-24-13-16-27(17-14-24)39-20-8-19-35(26-9-4-2-5-10-26)32(38)34-25-15-18-29-30(21-25)41-23-40-29/h2-7,9-18,21H,8,19-20,22-23H2,1H3,(H,34,38)(H,36,37)/t33-/m0/s1. The predicted octanol–water partition coefficient (Wildman–Crippen LogP) is 6.39. The molecule has 1 aliphatic heterocycles. The number of carboxylic acids is 1. The van der Waals surface area contributed by atoms with Gasteiger partial charge in [-0.3, -0.25) is 4.90 Å². The first kappa shape index (κ1) is 28.4. The Morgan fingerprint density at radius 1 is 0.881 bits per heavy atom. The topological polar surface area (TPSA) is 107 Å². The Morgan fingerprint density at radius 2 is 1.57 bits per heavy atom. The molecule has 1 aliphatic rings. The summed E-state index contributed by atoms with van der Waals surface area (Å²) in [7, 11) is 0. The summed E-state index contributed by atoms with van der Waals surface area (Å²) in [6, 6.07) is 30.6. The number of ether oxygens (including phenoxy) is 4. The molecule has 4 aromatic rings. The van der Waals surface area contributed by atoms with Gasteiger partial charge in [0, 0.05) is 30.4 Å². The van der Waals surface area contributed by atoms with E-state index in [4.69, 9.17) is 18.9 Å². The third kappa shape index (κ3) is 7.11. The Morgan fingerprint density at radius 3 is 2.29 bits per heavy atom. The number of carbonyl (C=O) groups excluding carboxylic acids is 1. The highest BCUT2D eigenvalue weighted by molar-refractivity contribution is 6.01. The fraction of sp³-hybridized carbons (Fsp3) is 0.212. The number of carbonyl (C=O) groups is 2. The van der Waals surface area contributed by atoms with Crippen LogP contribution in [0.15, 0.2) is 103 Å². The molecule has 1 atom stereocenters. The van der Waals surface area contributed by atoms with Gasteiger partial charge in [0.25, 0.3) is 0 Å². The number of amides is 2. The van der Waals surface area contributed by atoms with Gasteiger partial charge in [-0.05, 0) is 67.4 Å². The minimum Gasteiger partial charge on any atom is -0.494 e. The quantitative estimate of drug-likeness (QED) is 0.191. The van der Waals surface area contributed by atoms with Crippen LogP contribution in [0.4, 0.5) is 16.2 Å². The Hall–Kier alpha value is -5.18. The molecule has 0 spiro atoms. The molecule has 9 heteroatoms. The molecule has 5 rings (SSSR count). The molecule has 1 heterocycles. The number of hydrogen-bond acceptors (Lipinski definition) is 6. The van der Waals surface area contributed by atoms with Crippen molar-refractivity contribution in [3.05, 3.63) is 109 Å². The molecule has 0 saturated heterocycles. The van der Waals surface area contributed by atoms with Gasteiger partial charge >= 0.3 is 12.0 Å². The van der Waals surface area contributed by atoms with Crippen molar-refractivity contribution in [1.29, 1.82) is 0 Å². The lowest BCUT2D eigenvalue weighted by atomic mass is 9.96. The summed E-state index contributed by atoms with van der Waals surface area (Å²) in [4.78, 5) is 26.9. The molecule has 0 aromatic heterocycles. The summed E-state index contributed by atoms with van der Waals surface area (Å²) in [5.41, 5.74) is 0.749. The summed E-state index contributed by atoms with van der Waals surface area (Å²) < 4.78 is 22.5. The molecule has 2 amide bonds. The van der Waals surface area contributed by atoms with Crippen LogP contribution in [-0.4, -0.2) is 42.7 Å². The van der Waals surface area contributed by atoms with Crippen LogP contribution in [0.3, 0.4) is 0 Å². The molecule has 0 radical (unpaired) electrons. The lowest BCUT2D eigenvalue weighted by Gasteiger charge is -2.26. The van der Waals surface area contributed by atoms with Crippen LogP contribution >= 0.6 is 0 Å². The smallest absolute Gasteiger partial charge is 0.348 e. The van der Waals surface area contributed by atoms with Gasteiger partial charge in [0.15, 0.2) is 11.5 Å². The molecule has 9 nitrogen and oxygen atoms in total. The zero-order valence-electron chi connectivity index (χ0n) is 23.2. The van der Waals surface area contributed by atoms with Crippen LogP contribution in [0.25, 0.3) is 0 Å². The number of urea groups is 1. The molecule has 0 saturated carbocycles. The SMILES string of the molecule is C[C@@](Cc1ccc(OCCCN(C(=O)Nc2ccc3c(c2)OCO3)c2ccccc2)cc1)(Oc1ccccc1)C(=O)O. The zero-order chi connectivity index (χ0) is 29.4. The molecular formula is C33H32N2O7. The number of benzene rings is 4. The average molecular weight is 569 g/mol. The van der Waals surface area contributed by atoms with Gasteiger partial charge in [-0.2, -0.15) is 0 Å². The second kappa shape index (κ2) is 13.0. The van der Waals surface area contributed by atoms with Crippen molar-refractivity contribution in [3.63, 3.8) is 0 Å². The summed E-state index contributed by atoms with van der Waals surface area (Å²) in [5.74, 6) is 1.34. The first-order valence-electron chi connectivity index (χ1n) is 13.6. The number of para-hydroxylation sites is 2. The summed E-state index contributed by atoms with van der Waals surface area (Å²) >= 11 is 0. The zero-order valence-corrected chi connectivity index (χ0v) is 23.2. The Balaban J connectivity index is 1.16. The van der Waals surface area contributed by atoms with E-state index in [1.807, 2.05) is 48.5 Å². The number of rotatable bonds is 12. The van der Waals surface area contributed by atoms with Crippen LogP contribution in [0.5, 0.6) is 23.0 Å². The molecule has 0 unspecified atom stereocenters.